The van der Waals surface area contributed by atoms with E-state index in [1.165, 1.54) is 16.5 Å². The molecule has 1 amide bonds. The Bertz CT molecular complexity index is 1160. The van der Waals surface area contributed by atoms with Crippen molar-refractivity contribution in [3.63, 3.8) is 0 Å². The van der Waals surface area contributed by atoms with Gasteiger partial charge in [0.05, 0.1) is 5.56 Å². The zero-order chi connectivity index (χ0) is 22.2. The third-order valence-electron chi connectivity index (χ3n) is 5.43. The quantitative estimate of drug-likeness (QED) is 0.684. The van der Waals surface area contributed by atoms with Gasteiger partial charge in [0.25, 0.3) is 0 Å². The molecular weight excluding hydrogens is 411 g/mol. The number of carbonyl (C=O) groups is 1. The maximum atomic E-state index is 13.0. The molecule has 1 aliphatic carbocycles. The number of aryl methyl sites for hydroxylation is 1. The lowest BCUT2D eigenvalue weighted by atomic mass is 9.95. The highest BCUT2D eigenvalue weighted by Gasteiger charge is 2.30. The smallest absolute Gasteiger partial charge is 0.352 e. The van der Waals surface area contributed by atoms with E-state index >= 15 is 0 Å². The lowest BCUT2D eigenvalue weighted by Crippen LogP contribution is -2.40. The van der Waals surface area contributed by atoms with Crippen LogP contribution in [0.4, 0.5) is 13.2 Å². The second-order valence-electron chi connectivity index (χ2n) is 7.83. The standard InChI is InChI=1S/C21H22F3N5O2/c1-13-11-17-27-28(12-18(30)26-16-5-3-2-4-6-16)20(31)29(17)19(25-13)14-7-9-15(10-8-14)21(22,23)24/h7-11,16H,2-6,12H2,1H3,(H,26,30). The summed E-state index contributed by atoms with van der Waals surface area (Å²) in [5.41, 5.74) is -0.196. The molecule has 4 rings (SSSR count). The number of rotatable bonds is 4. The Hall–Kier alpha value is -3.17. The van der Waals surface area contributed by atoms with Crippen LogP contribution in [0.2, 0.25) is 0 Å². The van der Waals surface area contributed by atoms with Crippen molar-refractivity contribution in [2.75, 3.05) is 0 Å². The number of benzene rings is 1. The predicted molar refractivity (Wildman–Crippen MR) is 107 cm³/mol. The largest absolute Gasteiger partial charge is 0.416 e. The summed E-state index contributed by atoms with van der Waals surface area (Å²) >= 11 is 0. The van der Waals surface area contributed by atoms with Crippen molar-refractivity contribution in [1.29, 1.82) is 0 Å². The van der Waals surface area contributed by atoms with E-state index in [0.717, 1.165) is 48.9 Å². The molecule has 31 heavy (non-hydrogen) atoms. The fourth-order valence-corrected chi connectivity index (χ4v) is 3.91. The Morgan fingerprint density at radius 2 is 1.84 bits per heavy atom. The van der Waals surface area contributed by atoms with E-state index in [9.17, 15) is 22.8 Å². The summed E-state index contributed by atoms with van der Waals surface area (Å²) in [6.45, 7) is 1.47. The van der Waals surface area contributed by atoms with Gasteiger partial charge in [-0.05, 0) is 31.9 Å². The van der Waals surface area contributed by atoms with Crippen LogP contribution in [0.15, 0.2) is 35.1 Å². The van der Waals surface area contributed by atoms with Crippen LogP contribution < -0.4 is 11.0 Å². The molecule has 0 radical (unpaired) electrons. The van der Waals surface area contributed by atoms with Gasteiger partial charge in [-0.3, -0.25) is 4.79 Å². The number of alkyl halides is 3. The molecule has 3 aromatic rings. The highest BCUT2D eigenvalue weighted by Crippen LogP contribution is 2.30. The van der Waals surface area contributed by atoms with Crippen LogP contribution in [-0.4, -0.2) is 31.1 Å². The molecule has 2 aromatic heterocycles. The summed E-state index contributed by atoms with van der Waals surface area (Å²) in [4.78, 5) is 29.7. The SMILES string of the molecule is Cc1cc2nn(CC(=O)NC3CCCCC3)c(=O)n2c(-c2ccc(C(F)(F)F)cc2)n1. The van der Waals surface area contributed by atoms with E-state index in [1.54, 1.807) is 13.0 Å². The second-order valence-corrected chi connectivity index (χ2v) is 7.83. The maximum Gasteiger partial charge on any atom is 0.416 e. The van der Waals surface area contributed by atoms with Crippen molar-refractivity contribution in [2.45, 2.75) is 57.8 Å². The van der Waals surface area contributed by atoms with Crippen LogP contribution in [0.5, 0.6) is 0 Å². The number of fused-ring (bicyclic) bond motifs is 1. The molecule has 164 valence electrons. The number of nitrogens with one attached hydrogen (secondary N) is 1. The Balaban J connectivity index is 1.66. The van der Waals surface area contributed by atoms with Gasteiger partial charge >= 0.3 is 11.9 Å². The predicted octanol–water partition coefficient (Wildman–Crippen LogP) is 3.33. The number of nitrogens with zero attached hydrogens (tertiary/aromatic N) is 4. The topological polar surface area (TPSA) is 81.3 Å². The van der Waals surface area contributed by atoms with Crippen molar-refractivity contribution in [1.82, 2.24) is 24.5 Å². The van der Waals surface area contributed by atoms with Gasteiger partial charge in [0.15, 0.2) is 5.65 Å². The number of amides is 1. The summed E-state index contributed by atoms with van der Waals surface area (Å²) in [6.07, 6.45) is 0.694. The summed E-state index contributed by atoms with van der Waals surface area (Å²) in [6, 6.07) is 6.12. The molecule has 1 fully saturated rings. The molecule has 0 saturated heterocycles. The molecule has 1 N–H and O–H groups in total. The number of halogens is 3. The molecule has 7 nitrogen and oxygen atoms in total. The van der Waals surface area contributed by atoms with Gasteiger partial charge in [-0.15, -0.1) is 5.10 Å². The Kier molecular flexibility index (Phi) is 5.55. The minimum Gasteiger partial charge on any atom is -0.352 e. The number of hydrogen-bond acceptors (Lipinski definition) is 4. The van der Waals surface area contributed by atoms with Gasteiger partial charge in [-0.2, -0.15) is 13.2 Å². The molecular formula is C21H22F3N5O2. The van der Waals surface area contributed by atoms with Gasteiger partial charge in [-0.25, -0.2) is 18.9 Å². The first-order chi connectivity index (χ1) is 14.7. The van der Waals surface area contributed by atoms with Gasteiger partial charge in [0, 0.05) is 23.4 Å². The van der Waals surface area contributed by atoms with Crippen molar-refractivity contribution in [2.24, 2.45) is 0 Å². The van der Waals surface area contributed by atoms with Crippen molar-refractivity contribution in [3.8, 4) is 11.4 Å². The number of hydrogen-bond donors (Lipinski definition) is 1. The minimum absolute atomic E-state index is 0.112. The average Bonchev–Trinajstić information content (AvgIpc) is 3.02. The van der Waals surface area contributed by atoms with Crippen LogP contribution in [0.3, 0.4) is 0 Å². The number of aromatic nitrogens is 4. The van der Waals surface area contributed by atoms with E-state index < -0.39 is 17.4 Å². The Morgan fingerprint density at radius 3 is 2.48 bits per heavy atom. The monoisotopic (exact) mass is 433 g/mol. The third kappa shape index (κ3) is 4.47. The van der Waals surface area contributed by atoms with Crippen LogP contribution in [0, 0.1) is 6.92 Å². The Morgan fingerprint density at radius 1 is 1.16 bits per heavy atom. The van der Waals surface area contributed by atoms with Crippen LogP contribution in [0.25, 0.3) is 17.0 Å². The normalized spacial score (nSPS) is 15.4. The zero-order valence-corrected chi connectivity index (χ0v) is 16.9. The van der Waals surface area contributed by atoms with E-state index in [1.807, 2.05) is 0 Å². The second kappa shape index (κ2) is 8.16. The summed E-state index contributed by atoms with van der Waals surface area (Å²) < 4.78 is 40.9. The van der Waals surface area contributed by atoms with E-state index in [-0.39, 0.29) is 30.0 Å². The molecule has 0 aliphatic heterocycles. The molecule has 0 unspecified atom stereocenters. The van der Waals surface area contributed by atoms with Crippen molar-refractivity contribution in [3.05, 3.63) is 52.1 Å². The van der Waals surface area contributed by atoms with Crippen LogP contribution in [0.1, 0.15) is 43.4 Å². The van der Waals surface area contributed by atoms with Gasteiger partial charge < -0.3 is 5.32 Å². The Labute approximate surface area is 175 Å². The molecule has 1 saturated carbocycles. The minimum atomic E-state index is -4.46. The molecule has 0 spiro atoms. The maximum absolute atomic E-state index is 13.0. The third-order valence-corrected chi connectivity index (χ3v) is 5.43. The van der Waals surface area contributed by atoms with E-state index in [2.05, 4.69) is 15.4 Å². The first-order valence-electron chi connectivity index (χ1n) is 10.2. The van der Waals surface area contributed by atoms with E-state index in [0.29, 0.717) is 11.3 Å². The summed E-state index contributed by atoms with van der Waals surface area (Å²) in [5, 5.41) is 7.18. The van der Waals surface area contributed by atoms with Gasteiger partial charge in [-0.1, -0.05) is 31.4 Å². The molecule has 2 heterocycles. The molecule has 10 heteroatoms. The highest BCUT2D eigenvalue weighted by atomic mass is 19.4. The average molecular weight is 433 g/mol. The van der Waals surface area contributed by atoms with Crippen molar-refractivity contribution < 1.29 is 18.0 Å². The first-order valence-corrected chi connectivity index (χ1v) is 10.2. The van der Waals surface area contributed by atoms with Crippen molar-refractivity contribution >= 4 is 11.6 Å². The molecule has 1 aliphatic rings. The number of carbonyl (C=O) groups excluding carboxylic acids is 1. The molecule has 0 bridgehead atoms. The van der Waals surface area contributed by atoms with Gasteiger partial charge in [0.2, 0.25) is 5.91 Å². The summed E-state index contributed by atoms with van der Waals surface area (Å²) in [5.74, 6) is -0.120. The lowest BCUT2D eigenvalue weighted by Gasteiger charge is -2.22. The van der Waals surface area contributed by atoms with Crippen LogP contribution in [-0.2, 0) is 17.5 Å². The molecule has 0 atom stereocenters. The van der Waals surface area contributed by atoms with Crippen LogP contribution >= 0.6 is 0 Å². The first kappa shape index (κ1) is 21.1. The summed E-state index contributed by atoms with van der Waals surface area (Å²) in [7, 11) is 0. The van der Waals surface area contributed by atoms with E-state index in [4.69, 9.17) is 0 Å². The zero-order valence-electron chi connectivity index (χ0n) is 16.9. The fraction of sp³-hybridized carbons (Fsp3) is 0.429. The van der Waals surface area contributed by atoms with Gasteiger partial charge in [0.1, 0.15) is 12.4 Å². The lowest BCUT2D eigenvalue weighted by molar-refractivity contribution is -0.137. The highest BCUT2D eigenvalue weighted by molar-refractivity contribution is 5.76. The fourth-order valence-electron chi connectivity index (χ4n) is 3.91. The molecule has 1 aromatic carbocycles.